The Labute approximate surface area is 247 Å². The number of fused-ring (bicyclic) bond motifs is 2. The van der Waals surface area contributed by atoms with Gasteiger partial charge < -0.3 is 24.6 Å². The van der Waals surface area contributed by atoms with Crippen molar-refractivity contribution in [1.29, 1.82) is 0 Å². The standard InChI is InChI=1S/C30H31N7O4S/c1-30(2,28(39)34-29-35-31-17-42-29)24-20-9-11-22(18-5-7-19(8-6-18)27(38)36(3)4)32-25(20)41-26-21(24)10-12-23(33-26)37-13-15-40-16-14-37/h5-12,17,24H,13-16H2,1-4H3,(H,34,35,39). The molecule has 1 saturated heterocycles. The molecule has 216 valence electrons. The number of hydrogen-bond acceptors (Lipinski definition) is 10. The fourth-order valence-corrected chi connectivity index (χ4v) is 5.76. The van der Waals surface area contributed by atoms with Gasteiger partial charge in [0.15, 0.2) is 0 Å². The molecule has 12 heteroatoms. The first-order chi connectivity index (χ1) is 20.2. The summed E-state index contributed by atoms with van der Waals surface area (Å²) in [5.41, 5.74) is 4.34. The van der Waals surface area contributed by atoms with Crippen LogP contribution in [0.25, 0.3) is 11.3 Å². The largest absolute Gasteiger partial charge is 0.420 e. The fourth-order valence-electron chi connectivity index (χ4n) is 5.32. The van der Waals surface area contributed by atoms with Crippen molar-refractivity contribution >= 4 is 34.1 Å². The molecule has 5 heterocycles. The van der Waals surface area contributed by atoms with Gasteiger partial charge in [-0.1, -0.05) is 43.4 Å². The zero-order valence-electron chi connectivity index (χ0n) is 23.8. The Bertz CT molecular complexity index is 1620. The summed E-state index contributed by atoms with van der Waals surface area (Å²) in [5, 5.41) is 11.2. The first-order valence-corrected chi connectivity index (χ1v) is 14.5. The minimum absolute atomic E-state index is 0.0704. The lowest BCUT2D eigenvalue weighted by molar-refractivity contribution is -0.124. The van der Waals surface area contributed by atoms with Crippen molar-refractivity contribution in [2.75, 3.05) is 50.6 Å². The van der Waals surface area contributed by atoms with Gasteiger partial charge in [-0.05, 0) is 30.3 Å². The van der Waals surface area contributed by atoms with Gasteiger partial charge in [0.2, 0.25) is 22.8 Å². The number of nitrogens with zero attached hydrogens (tertiary/aromatic N) is 6. The molecule has 2 aliphatic rings. The summed E-state index contributed by atoms with van der Waals surface area (Å²) < 4.78 is 11.9. The van der Waals surface area contributed by atoms with Crippen LogP contribution in [0.2, 0.25) is 0 Å². The number of morpholine rings is 1. The lowest BCUT2D eigenvalue weighted by Crippen LogP contribution is -2.39. The minimum atomic E-state index is -0.932. The molecule has 1 aromatic carbocycles. The summed E-state index contributed by atoms with van der Waals surface area (Å²) >= 11 is 1.26. The molecule has 3 aromatic heterocycles. The number of carbonyl (C=O) groups is 2. The van der Waals surface area contributed by atoms with Crippen LogP contribution >= 0.6 is 11.3 Å². The van der Waals surface area contributed by atoms with Gasteiger partial charge in [0.1, 0.15) is 11.3 Å². The van der Waals surface area contributed by atoms with E-state index in [1.54, 1.807) is 36.6 Å². The first-order valence-electron chi connectivity index (χ1n) is 13.6. The van der Waals surface area contributed by atoms with Crippen LogP contribution in [-0.2, 0) is 9.53 Å². The number of hydrogen-bond donors (Lipinski definition) is 1. The number of pyridine rings is 2. The van der Waals surface area contributed by atoms with Crippen molar-refractivity contribution in [2.24, 2.45) is 5.41 Å². The number of rotatable bonds is 6. The summed E-state index contributed by atoms with van der Waals surface area (Å²) in [6, 6.07) is 15.2. The van der Waals surface area contributed by atoms with Crippen molar-refractivity contribution in [2.45, 2.75) is 19.8 Å². The summed E-state index contributed by atoms with van der Waals surface area (Å²) in [6.45, 7) is 6.53. The molecule has 0 saturated carbocycles. The number of carbonyl (C=O) groups excluding carboxylic acids is 2. The van der Waals surface area contributed by atoms with Gasteiger partial charge in [0, 0.05) is 55.4 Å². The van der Waals surface area contributed by atoms with Crippen LogP contribution in [0.3, 0.4) is 0 Å². The highest BCUT2D eigenvalue weighted by molar-refractivity contribution is 7.13. The van der Waals surface area contributed by atoms with Crippen LogP contribution in [0.5, 0.6) is 11.8 Å². The molecule has 1 fully saturated rings. The van der Waals surface area contributed by atoms with E-state index < -0.39 is 11.3 Å². The second kappa shape index (κ2) is 11.1. The molecule has 2 aliphatic heterocycles. The normalized spacial score (nSPS) is 16.2. The average molecular weight is 586 g/mol. The quantitative estimate of drug-likeness (QED) is 0.350. The van der Waals surface area contributed by atoms with Crippen LogP contribution < -0.4 is 15.0 Å². The second-order valence-corrected chi connectivity index (χ2v) is 11.8. The third-order valence-corrected chi connectivity index (χ3v) is 8.24. The molecular formula is C30H31N7O4S. The highest BCUT2D eigenvalue weighted by Gasteiger charge is 2.45. The molecule has 0 radical (unpaired) electrons. The topological polar surface area (TPSA) is 123 Å². The molecule has 1 unspecified atom stereocenters. The Morgan fingerprint density at radius 3 is 2.33 bits per heavy atom. The van der Waals surface area contributed by atoms with E-state index in [4.69, 9.17) is 19.4 Å². The predicted molar refractivity (Wildman–Crippen MR) is 159 cm³/mol. The van der Waals surface area contributed by atoms with Crippen molar-refractivity contribution in [3.63, 3.8) is 0 Å². The molecular weight excluding hydrogens is 554 g/mol. The van der Waals surface area contributed by atoms with Gasteiger partial charge in [-0.3, -0.25) is 9.59 Å². The number of benzene rings is 1. The van der Waals surface area contributed by atoms with Gasteiger partial charge in [0.05, 0.1) is 24.3 Å². The van der Waals surface area contributed by atoms with Crippen LogP contribution in [0.1, 0.15) is 41.3 Å². The SMILES string of the molecule is CN(C)C(=O)c1ccc(-c2ccc3c(n2)Oc2nc(N4CCOCC4)ccc2C3C(C)(C)C(=O)Nc2nncs2)cc1. The van der Waals surface area contributed by atoms with Crippen molar-refractivity contribution < 1.29 is 19.1 Å². The monoisotopic (exact) mass is 585 g/mol. The van der Waals surface area contributed by atoms with Gasteiger partial charge in [-0.2, -0.15) is 4.98 Å². The van der Waals surface area contributed by atoms with Gasteiger partial charge >= 0.3 is 0 Å². The van der Waals surface area contributed by atoms with Crippen LogP contribution in [0.4, 0.5) is 10.9 Å². The Hall–Kier alpha value is -4.42. The van der Waals surface area contributed by atoms with E-state index in [0.29, 0.717) is 41.4 Å². The Morgan fingerprint density at radius 1 is 0.976 bits per heavy atom. The molecule has 1 N–H and O–H groups in total. The zero-order chi connectivity index (χ0) is 29.4. The van der Waals surface area contributed by atoms with Gasteiger partial charge in [0.25, 0.3) is 5.91 Å². The lowest BCUT2D eigenvalue weighted by Gasteiger charge is -2.37. The lowest BCUT2D eigenvalue weighted by atomic mass is 9.70. The smallest absolute Gasteiger partial charge is 0.253 e. The molecule has 2 amide bonds. The second-order valence-electron chi connectivity index (χ2n) is 11.0. The van der Waals surface area contributed by atoms with E-state index in [2.05, 4.69) is 20.4 Å². The number of anilines is 2. The highest BCUT2D eigenvalue weighted by Crippen LogP contribution is 2.52. The van der Waals surface area contributed by atoms with E-state index in [0.717, 1.165) is 35.6 Å². The van der Waals surface area contributed by atoms with E-state index in [1.807, 2.05) is 50.2 Å². The summed E-state index contributed by atoms with van der Waals surface area (Å²) in [6.07, 6.45) is 0. The molecule has 0 spiro atoms. The summed E-state index contributed by atoms with van der Waals surface area (Å²) in [4.78, 5) is 39.5. The first kappa shape index (κ1) is 27.7. The van der Waals surface area contributed by atoms with E-state index >= 15 is 0 Å². The maximum absolute atomic E-state index is 13.7. The molecule has 4 aromatic rings. The van der Waals surface area contributed by atoms with Gasteiger partial charge in [-0.25, -0.2) is 4.98 Å². The van der Waals surface area contributed by atoms with E-state index in [9.17, 15) is 9.59 Å². The number of nitrogens with one attached hydrogen (secondary N) is 1. The minimum Gasteiger partial charge on any atom is -0.420 e. The summed E-state index contributed by atoms with van der Waals surface area (Å²) in [7, 11) is 3.45. The highest BCUT2D eigenvalue weighted by atomic mass is 32.1. The van der Waals surface area contributed by atoms with Crippen molar-refractivity contribution in [3.8, 4) is 23.0 Å². The third kappa shape index (κ3) is 5.19. The number of ether oxygens (including phenoxy) is 2. The van der Waals surface area contributed by atoms with Crippen LogP contribution in [0, 0.1) is 5.41 Å². The third-order valence-electron chi connectivity index (χ3n) is 7.64. The fraction of sp³-hybridized carbons (Fsp3) is 0.333. The Balaban J connectivity index is 1.40. The van der Waals surface area contributed by atoms with Crippen LogP contribution in [-0.4, -0.2) is 77.3 Å². The molecule has 1 atom stereocenters. The maximum Gasteiger partial charge on any atom is 0.253 e. The number of aromatic nitrogens is 4. The number of amides is 2. The van der Waals surface area contributed by atoms with Crippen molar-refractivity contribution in [3.05, 3.63) is 70.7 Å². The van der Waals surface area contributed by atoms with Crippen molar-refractivity contribution in [1.82, 2.24) is 25.1 Å². The molecule has 0 aliphatic carbocycles. The molecule has 11 nitrogen and oxygen atoms in total. The predicted octanol–water partition coefficient (Wildman–Crippen LogP) is 4.44. The van der Waals surface area contributed by atoms with Crippen LogP contribution in [0.15, 0.2) is 54.0 Å². The molecule has 42 heavy (non-hydrogen) atoms. The van der Waals surface area contributed by atoms with E-state index in [1.165, 1.54) is 11.3 Å². The Kier molecular flexibility index (Phi) is 7.33. The molecule has 0 bridgehead atoms. The molecule has 6 rings (SSSR count). The average Bonchev–Trinajstić information content (AvgIpc) is 3.52. The zero-order valence-corrected chi connectivity index (χ0v) is 24.6. The van der Waals surface area contributed by atoms with Gasteiger partial charge in [-0.15, -0.1) is 10.2 Å². The summed E-state index contributed by atoms with van der Waals surface area (Å²) in [5.74, 6) is 0.917. The Morgan fingerprint density at radius 2 is 1.67 bits per heavy atom. The maximum atomic E-state index is 13.7. The van der Waals surface area contributed by atoms with E-state index in [-0.39, 0.29) is 11.8 Å².